The summed E-state index contributed by atoms with van der Waals surface area (Å²) in [5.74, 6) is 0. The van der Waals surface area contributed by atoms with Crippen LogP contribution in [0.2, 0.25) is 0 Å². The first kappa shape index (κ1) is 13.2. The Kier molecular flexibility index (Phi) is 2.91. The lowest BCUT2D eigenvalue weighted by molar-refractivity contribution is -0.141. The van der Waals surface area contributed by atoms with Crippen molar-refractivity contribution in [1.82, 2.24) is 10.2 Å². The van der Waals surface area contributed by atoms with E-state index in [-0.39, 0.29) is 5.69 Å². The zero-order valence-corrected chi connectivity index (χ0v) is 10.6. The number of fused-ring (bicyclic) bond motifs is 1. The number of halogens is 3. The molecule has 1 N–H and O–H groups in total. The Labute approximate surface area is 117 Å². The Balaban J connectivity index is 2.30. The van der Waals surface area contributed by atoms with E-state index in [1.54, 1.807) is 30.3 Å². The summed E-state index contributed by atoms with van der Waals surface area (Å²) in [6, 6.07) is 14.1. The van der Waals surface area contributed by atoms with E-state index in [1.165, 1.54) is 0 Å². The van der Waals surface area contributed by atoms with Crippen LogP contribution in [0.15, 0.2) is 42.5 Å². The summed E-state index contributed by atoms with van der Waals surface area (Å²) in [6.45, 7) is 0. The first-order valence-electron chi connectivity index (χ1n) is 6.06. The van der Waals surface area contributed by atoms with Crippen LogP contribution in [0.3, 0.4) is 0 Å². The summed E-state index contributed by atoms with van der Waals surface area (Å²) < 4.78 is 38.5. The molecule has 0 saturated carbocycles. The van der Waals surface area contributed by atoms with Crippen LogP contribution in [0, 0.1) is 11.3 Å². The Hall–Kier alpha value is -2.81. The first-order valence-corrected chi connectivity index (χ1v) is 6.06. The van der Waals surface area contributed by atoms with Gasteiger partial charge in [0.05, 0.1) is 5.69 Å². The van der Waals surface area contributed by atoms with Crippen LogP contribution in [0.4, 0.5) is 13.2 Å². The minimum absolute atomic E-state index is 0.0848. The first-order chi connectivity index (χ1) is 10.0. The van der Waals surface area contributed by atoms with Gasteiger partial charge in [0.15, 0.2) is 5.69 Å². The highest BCUT2D eigenvalue weighted by Gasteiger charge is 2.38. The molecule has 3 nitrogen and oxygen atoms in total. The number of H-pyrrole nitrogens is 1. The van der Waals surface area contributed by atoms with Crippen molar-refractivity contribution in [3.8, 4) is 17.3 Å². The summed E-state index contributed by atoms with van der Waals surface area (Å²) in [6.07, 6.45) is -4.66. The van der Waals surface area contributed by atoms with Crippen LogP contribution in [0.25, 0.3) is 22.0 Å². The van der Waals surface area contributed by atoms with E-state index in [4.69, 9.17) is 5.26 Å². The highest BCUT2D eigenvalue weighted by molar-refractivity contribution is 5.96. The fraction of sp³-hybridized carbons (Fsp3) is 0.0667. The van der Waals surface area contributed by atoms with Crippen molar-refractivity contribution in [2.45, 2.75) is 6.18 Å². The second kappa shape index (κ2) is 4.63. The summed E-state index contributed by atoms with van der Waals surface area (Å²) in [5, 5.41) is 16.3. The van der Waals surface area contributed by atoms with Gasteiger partial charge in [0.1, 0.15) is 11.6 Å². The quantitative estimate of drug-likeness (QED) is 0.732. The van der Waals surface area contributed by atoms with E-state index in [9.17, 15) is 13.2 Å². The van der Waals surface area contributed by atoms with Crippen molar-refractivity contribution in [2.75, 3.05) is 0 Å². The van der Waals surface area contributed by atoms with Crippen LogP contribution in [0.1, 0.15) is 11.3 Å². The molecule has 0 atom stereocenters. The van der Waals surface area contributed by atoms with Gasteiger partial charge < -0.3 is 0 Å². The highest BCUT2D eigenvalue weighted by Crippen LogP contribution is 2.36. The molecule has 2 aromatic carbocycles. The van der Waals surface area contributed by atoms with Crippen LogP contribution in [-0.4, -0.2) is 10.2 Å². The number of alkyl halides is 3. The van der Waals surface area contributed by atoms with E-state index in [0.29, 0.717) is 5.56 Å². The average molecular weight is 287 g/mol. The third-order valence-electron chi connectivity index (χ3n) is 3.21. The predicted molar refractivity (Wildman–Crippen MR) is 71.2 cm³/mol. The number of nitrogens with zero attached hydrogens (tertiary/aromatic N) is 2. The van der Waals surface area contributed by atoms with Gasteiger partial charge in [-0.25, -0.2) is 0 Å². The normalized spacial score (nSPS) is 11.5. The van der Waals surface area contributed by atoms with Gasteiger partial charge in [-0.2, -0.15) is 23.5 Å². The molecule has 1 heterocycles. The number of hydrogen-bond donors (Lipinski definition) is 1. The Bertz CT molecular complexity index is 851. The number of aromatic amines is 1. The predicted octanol–water partition coefficient (Wildman–Crippen LogP) is 4.12. The third kappa shape index (κ3) is 2.13. The van der Waals surface area contributed by atoms with E-state index in [1.807, 2.05) is 18.2 Å². The fourth-order valence-electron chi connectivity index (χ4n) is 2.29. The maximum absolute atomic E-state index is 12.8. The molecule has 0 unspecified atom stereocenters. The van der Waals surface area contributed by atoms with Crippen molar-refractivity contribution in [1.29, 1.82) is 5.26 Å². The van der Waals surface area contributed by atoms with Crippen molar-refractivity contribution in [2.24, 2.45) is 0 Å². The molecule has 3 rings (SSSR count). The molecule has 104 valence electrons. The van der Waals surface area contributed by atoms with Gasteiger partial charge in [-0.05, 0) is 10.8 Å². The Morgan fingerprint density at radius 1 is 1.05 bits per heavy atom. The van der Waals surface area contributed by atoms with E-state index < -0.39 is 17.4 Å². The smallest absolute Gasteiger partial charge is 0.276 e. The summed E-state index contributed by atoms with van der Waals surface area (Å²) in [5.41, 5.74) is -1.07. The lowest BCUT2D eigenvalue weighted by Gasteiger charge is -2.05. The van der Waals surface area contributed by atoms with Gasteiger partial charge in [-0.3, -0.25) is 5.10 Å². The van der Waals surface area contributed by atoms with Gasteiger partial charge >= 0.3 is 6.18 Å². The van der Waals surface area contributed by atoms with Gasteiger partial charge in [0, 0.05) is 5.56 Å². The molecule has 0 fully saturated rings. The van der Waals surface area contributed by atoms with Crippen molar-refractivity contribution >= 4 is 10.8 Å². The molecule has 0 radical (unpaired) electrons. The van der Waals surface area contributed by atoms with Crippen molar-refractivity contribution in [3.05, 3.63) is 53.7 Å². The van der Waals surface area contributed by atoms with Gasteiger partial charge in [0.2, 0.25) is 0 Å². The third-order valence-corrected chi connectivity index (χ3v) is 3.21. The Morgan fingerprint density at radius 3 is 2.48 bits per heavy atom. The van der Waals surface area contributed by atoms with Crippen LogP contribution >= 0.6 is 0 Å². The lowest BCUT2D eigenvalue weighted by atomic mass is 9.99. The minimum atomic E-state index is -4.66. The van der Waals surface area contributed by atoms with Crippen LogP contribution < -0.4 is 0 Å². The number of hydrogen-bond acceptors (Lipinski definition) is 2. The molecule has 3 aromatic rings. The second-order valence-electron chi connectivity index (χ2n) is 4.46. The van der Waals surface area contributed by atoms with Crippen molar-refractivity contribution in [3.63, 3.8) is 0 Å². The molecule has 0 bridgehead atoms. The summed E-state index contributed by atoms with van der Waals surface area (Å²) >= 11 is 0. The topological polar surface area (TPSA) is 52.5 Å². The van der Waals surface area contributed by atoms with E-state index in [0.717, 1.165) is 10.8 Å². The van der Waals surface area contributed by atoms with Gasteiger partial charge in [-0.1, -0.05) is 42.5 Å². The number of aromatic nitrogens is 2. The molecular weight excluding hydrogens is 279 g/mol. The number of nitrogens with one attached hydrogen (secondary N) is 1. The highest BCUT2D eigenvalue weighted by atomic mass is 19.4. The van der Waals surface area contributed by atoms with Crippen LogP contribution in [0.5, 0.6) is 0 Å². The molecule has 0 spiro atoms. The summed E-state index contributed by atoms with van der Waals surface area (Å²) in [7, 11) is 0. The molecule has 0 saturated heterocycles. The van der Waals surface area contributed by atoms with E-state index in [2.05, 4.69) is 10.2 Å². The zero-order valence-electron chi connectivity index (χ0n) is 10.6. The fourth-order valence-corrected chi connectivity index (χ4v) is 2.29. The molecular formula is C15H8F3N3. The Morgan fingerprint density at radius 2 is 1.76 bits per heavy atom. The molecule has 6 heteroatoms. The molecule has 0 aliphatic heterocycles. The van der Waals surface area contributed by atoms with Gasteiger partial charge in [-0.15, -0.1) is 0 Å². The van der Waals surface area contributed by atoms with E-state index >= 15 is 0 Å². The maximum Gasteiger partial charge on any atom is 0.436 e. The molecule has 0 amide bonds. The number of benzene rings is 2. The zero-order chi connectivity index (χ0) is 15.0. The monoisotopic (exact) mass is 287 g/mol. The largest absolute Gasteiger partial charge is 0.436 e. The molecule has 0 aliphatic carbocycles. The van der Waals surface area contributed by atoms with Crippen LogP contribution in [-0.2, 0) is 6.18 Å². The number of rotatable bonds is 1. The maximum atomic E-state index is 12.8. The van der Waals surface area contributed by atoms with Crippen molar-refractivity contribution < 1.29 is 13.2 Å². The molecule has 0 aliphatic rings. The average Bonchev–Trinajstić information content (AvgIpc) is 2.90. The molecule has 21 heavy (non-hydrogen) atoms. The lowest BCUT2D eigenvalue weighted by Crippen LogP contribution is -2.07. The minimum Gasteiger partial charge on any atom is -0.276 e. The second-order valence-corrected chi connectivity index (χ2v) is 4.46. The molecule has 1 aromatic heterocycles. The van der Waals surface area contributed by atoms with Gasteiger partial charge in [0.25, 0.3) is 0 Å². The summed E-state index contributed by atoms with van der Waals surface area (Å²) in [4.78, 5) is 0. The SMILES string of the molecule is N#Cc1c(C(F)(F)F)n[nH]c1-c1cccc2ccccc12. The number of nitriles is 1. The standard InChI is InChI=1S/C15H8F3N3/c16-15(17,18)14-12(8-19)13(20-21-14)11-7-3-5-9-4-1-2-6-10(9)11/h1-7H,(H,20,21).